The van der Waals surface area contributed by atoms with Crippen molar-refractivity contribution in [1.82, 2.24) is 10.6 Å². The van der Waals surface area contributed by atoms with Gasteiger partial charge in [-0.2, -0.15) is 0 Å². The van der Waals surface area contributed by atoms with Crippen LogP contribution in [0.3, 0.4) is 0 Å². The Balaban J connectivity index is 1.45. The fourth-order valence-electron chi connectivity index (χ4n) is 2.41. The molecule has 0 aliphatic carbocycles. The van der Waals surface area contributed by atoms with Gasteiger partial charge in [0.05, 0.1) is 6.54 Å². The van der Waals surface area contributed by atoms with Gasteiger partial charge in [-0.25, -0.2) is 4.79 Å². The zero-order chi connectivity index (χ0) is 17.6. The van der Waals surface area contributed by atoms with E-state index < -0.39 is 11.9 Å². The number of ether oxygens (including phenoxy) is 2. The van der Waals surface area contributed by atoms with Crippen LogP contribution in [0.5, 0.6) is 11.5 Å². The summed E-state index contributed by atoms with van der Waals surface area (Å²) >= 11 is 0. The molecule has 130 valence electrons. The molecule has 2 aromatic rings. The minimum Gasteiger partial charge on any atom is -0.454 e. The third-order valence-electron chi connectivity index (χ3n) is 3.75. The summed E-state index contributed by atoms with van der Waals surface area (Å²) in [6, 6.07) is 14.2. The van der Waals surface area contributed by atoms with E-state index in [9.17, 15) is 9.59 Å². The highest BCUT2D eigenvalue weighted by Gasteiger charge is 2.15. The highest BCUT2D eigenvalue weighted by atomic mass is 16.7. The van der Waals surface area contributed by atoms with Crippen LogP contribution in [0.25, 0.3) is 0 Å². The van der Waals surface area contributed by atoms with Gasteiger partial charge in [0.25, 0.3) is 0 Å². The first kappa shape index (κ1) is 16.8. The number of fused-ring (bicyclic) bond motifs is 1. The van der Waals surface area contributed by atoms with Gasteiger partial charge in [0.1, 0.15) is 0 Å². The second-order valence-electron chi connectivity index (χ2n) is 5.58. The van der Waals surface area contributed by atoms with E-state index in [4.69, 9.17) is 9.47 Å². The first-order valence-corrected chi connectivity index (χ1v) is 7.90. The number of nitrogens with one attached hydrogen (secondary N) is 3. The van der Waals surface area contributed by atoms with Gasteiger partial charge in [0.15, 0.2) is 11.5 Å². The predicted octanol–water partition coefficient (Wildman–Crippen LogP) is 2.41. The number of hydrogen-bond donors (Lipinski definition) is 3. The van der Waals surface area contributed by atoms with Crippen molar-refractivity contribution in [3.63, 3.8) is 0 Å². The van der Waals surface area contributed by atoms with Crippen LogP contribution in [0.1, 0.15) is 18.5 Å². The fraction of sp³-hybridized carbons (Fsp3) is 0.222. The van der Waals surface area contributed by atoms with Crippen LogP contribution in [-0.4, -0.2) is 25.3 Å². The summed E-state index contributed by atoms with van der Waals surface area (Å²) < 4.78 is 10.4. The van der Waals surface area contributed by atoms with Gasteiger partial charge in [0, 0.05) is 17.8 Å². The number of carbonyl (C=O) groups excluding carboxylic acids is 2. The Morgan fingerprint density at radius 3 is 2.64 bits per heavy atom. The van der Waals surface area contributed by atoms with E-state index in [1.54, 1.807) is 18.2 Å². The third-order valence-corrected chi connectivity index (χ3v) is 3.75. The number of rotatable bonds is 5. The second-order valence-corrected chi connectivity index (χ2v) is 5.58. The van der Waals surface area contributed by atoms with Crippen molar-refractivity contribution >= 4 is 17.6 Å². The second kappa shape index (κ2) is 7.67. The molecule has 1 heterocycles. The number of anilines is 1. The van der Waals surface area contributed by atoms with E-state index in [1.165, 1.54) is 0 Å². The van der Waals surface area contributed by atoms with Crippen LogP contribution in [0.15, 0.2) is 48.5 Å². The van der Waals surface area contributed by atoms with Crippen molar-refractivity contribution < 1.29 is 19.1 Å². The molecule has 2 aromatic carbocycles. The summed E-state index contributed by atoms with van der Waals surface area (Å²) in [7, 11) is 0. The van der Waals surface area contributed by atoms with Gasteiger partial charge < -0.3 is 20.1 Å². The van der Waals surface area contributed by atoms with Gasteiger partial charge in [-0.15, -0.1) is 0 Å². The van der Waals surface area contributed by atoms with Crippen molar-refractivity contribution in [3.8, 4) is 11.5 Å². The number of benzene rings is 2. The minimum atomic E-state index is -0.599. The van der Waals surface area contributed by atoms with E-state index in [0.717, 1.165) is 5.56 Å². The molecule has 25 heavy (non-hydrogen) atoms. The molecule has 0 aromatic heterocycles. The van der Waals surface area contributed by atoms with E-state index in [1.807, 2.05) is 37.3 Å². The maximum atomic E-state index is 11.9. The first-order chi connectivity index (χ1) is 12.1. The van der Waals surface area contributed by atoms with E-state index in [2.05, 4.69) is 16.0 Å². The van der Waals surface area contributed by atoms with Gasteiger partial charge in [-0.3, -0.25) is 10.1 Å². The topological polar surface area (TPSA) is 88.7 Å². The monoisotopic (exact) mass is 341 g/mol. The van der Waals surface area contributed by atoms with Crippen LogP contribution in [0.4, 0.5) is 10.5 Å². The first-order valence-electron chi connectivity index (χ1n) is 7.90. The lowest BCUT2D eigenvalue weighted by Gasteiger charge is -2.14. The maximum Gasteiger partial charge on any atom is 0.325 e. The van der Waals surface area contributed by atoms with Crippen LogP contribution in [0.2, 0.25) is 0 Å². The van der Waals surface area contributed by atoms with E-state index in [0.29, 0.717) is 17.2 Å². The standard InChI is InChI=1S/C18H19N3O4/c1-12(13-5-3-2-4-6-13)19-10-17(22)21-18(23)20-14-7-8-15-16(9-14)25-11-24-15/h2-9,12,19H,10-11H2,1H3,(H2,20,21,22,23)/t12-/m1/s1. The zero-order valence-corrected chi connectivity index (χ0v) is 13.7. The summed E-state index contributed by atoms with van der Waals surface area (Å²) in [5.41, 5.74) is 1.58. The Kier molecular flexibility index (Phi) is 5.15. The lowest BCUT2D eigenvalue weighted by atomic mass is 10.1. The molecule has 1 atom stereocenters. The van der Waals surface area contributed by atoms with Crippen LogP contribution in [-0.2, 0) is 4.79 Å². The Hall–Kier alpha value is -3.06. The molecule has 0 saturated carbocycles. The molecule has 0 fully saturated rings. The zero-order valence-electron chi connectivity index (χ0n) is 13.7. The molecule has 1 aliphatic heterocycles. The largest absolute Gasteiger partial charge is 0.454 e. The number of carbonyl (C=O) groups is 2. The quantitative estimate of drug-likeness (QED) is 0.777. The average Bonchev–Trinajstić information content (AvgIpc) is 3.08. The third kappa shape index (κ3) is 4.48. The molecule has 1 aliphatic rings. The van der Waals surface area contributed by atoms with Gasteiger partial charge >= 0.3 is 6.03 Å². The predicted molar refractivity (Wildman–Crippen MR) is 92.6 cm³/mol. The van der Waals surface area contributed by atoms with Gasteiger partial charge in [-0.1, -0.05) is 30.3 Å². The van der Waals surface area contributed by atoms with Gasteiger partial charge in [0.2, 0.25) is 12.7 Å². The molecule has 0 saturated heterocycles. The van der Waals surface area contributed by atoms with Crippen molar-refractivity contribution in [2.75, 3.05) is 18.7 Å². The normalized spacial score (nSPS) is 13.2. The molecule has 3 N–H and O–H groups in total. The van der Waals surface area contributed by atoms with E-state index in [-0.39, 0.29) is 19.4 Å². The van der Waals surface area contributed by atoms with Crippen LogP contribution < -0.4 is 25.4 Å². The Morgan fingerprint density at radius 2 is 1.84 bits per heavy atom. The van der Waals surface area contributed by atoms with Gasteiger partial charge in [-0.05, 0) is 24.6 Å². The molecule has 7 heteroatoms. The highest BCUT2D eigenvalue weighted by Crippen LogP contribution is 2.34. The van der Waals surface area contributed by atoms with Crippen LogP contribution >= 0.6 is 0 Å². The molecule has 3 amide bonds. The summed E-state index contributed by atoms with van der Waals surface area (Å²) in [4.78, 5) is 23.8. The Bertz CT molecular complexity index is 764. The molecule has 0 bridgehead atoms. The summed E-state index contributed by atoms with van der Waals surface area (Å²) in [6.45, 7) is 2.15. The number of imide groups is 1. The Morgan fingerprint density at radius 1 is 1.08 bits per heavy atom. The van der Waals surface area contributed by atoms with Crippen molar-refractivity contribution in [2.45, 2.75) is 13.0 Å². The highest BCUT2D eigenvalue weighted by molar-refractivity contribution is 6.01. The molecule has 0 spiro atoms. The average molecular weight is 341 g/mol. The van der Waals surface area contributed by atoms with Crippen molar-refractivity contribution in [1.29, 1.82) is 0 Å². The maximum absolute atomic E-state index is 11.9. The molecule has 0 radical (unpaired) electrons. The summed E-state index contributed by atoms with van der Waals surface area (Å²) in [6.07, 6.45) is 0. The lowest BCUT2D eigenvalue weighted by Crippen LogP contribution is -2.40. The molecule has 7 nitrogen and oxygen atoms in total. The molecular formula is C18H19N3O4. The molecule has 3 rings (SSSR count). The summed E-state index contributed by atoms with van der Waals surface area (Å²) in [5, 5.41) is 7.94. The molecule has 0 unspecified atom stereocenters. The minimum absolute atomic E-state index is 0.00358. The van der Waals surface area contributed by atoms with Crippen molar-refractivity contribution in [2.24, 2.45) is 0 Å². The lowest BCUT2D eigenvalue weighted by molar-refractivity contribution is -0.119. The Labute approximate surface area is 145 Å². The van der Waals surface area contributed by atoms with Crippen molar-refractivity contribution in [3.05, 3.63) is 54.1 Å². The smallest absolute Gasteiger partial charge is 0.325 e. The SMILES string of the molecule is C[C@@H](NCC(=O)NC(=O)Nc1ccc2c(c1)OCO2)c1ccccc1. The number of hydrogen-bond acceptors (Lipinski definition) is 5. The van der Waals surface area contributed by atoms with E-state index >= 15 is 0 Å². The molecular weight excluding hydrogens is 322 g/mol. The number of amides is 3. The van der Waals surface area contributed by atoms with Crippen LogP contribution in [0, 0.1) is 0 Å². The summed E-state index contributed by atoms with van der Waals surface area (Å²) in [5.74, 6) is 0.768. The fourth-order valence-corrected chi connectivity index (χ4v) is 2.41. The number of urea groups is 1.